The Balaban J connectivity index is 2.11. The molecule has 0 radical (unpaired) electrons. The van der Waals surface area contributed by atoms with Crippen LogP contribution in [0, 0.1) is 0 Å². The van der Waals surface area contributed by atoms with Crippen LogP contribution in [0.4, 0.5) is 0 Å². The van der Waals surface area contributed by atoms with Gasteiger partial charge in [-0.05, 0) is 24.3 Å². The predicted molar refractivity (Wildman–Crippen MR) is 91.8 cm³/mol. The Kier molecular flexibility index (Phi) is 4.35. The zero-order valence-electron chi connectivity index (χ0n) is 11.5. The molecule has 1 aliphatic carbocycles. The Morgan fingerprint density at radius 1 is 0.826 bits per heavy atom. The van der Waals surface area contributed by atoms with Crippen molar-refractivity contribution in [2.24, 2.45) is 4.99 Å². The molecular formula is C17H8Cl3NO2. The lowest BCUT2D eigenvalue weighted by atomic mass is 9.94. The summed E-state index contributed by atoms with van der Waals surface area (Å²) in [6.07, 6.45) is 0. The van der Waals surface area contributed by atoms with Crippen LogP contribution >= 0.6 is 34.8 Å². The summed E-state index contributed by atoms with van der Waals surface area (Å²) >= 11 is 17.9. The lowest BCUT2D eigenvalue weighted by molar-refractivity contribution is 0.0999. The first kappa shape index (κ1) is 15.9. The van der Waals surface area contributed by atoms with Gasteiger partial charge in [0.1, 0.15) is 5.03 Å². The number of amides is 1. The number of ketones is 1. The van der Waals surface area contributed by atoms with Crippen molar-refractivity contribution in [1.82, 2.24) is 0 Å². The molecule has 23 heavy (non-hydrogen) atoms. The van der Waals surface area contributed by atoms with Crippen molar-refractivity contribution in [3.8, 4) is 0 Å². The molecule has 1 aliphatic rings. The molecule has 0 aliphatic heterocycles. The van der Waals surface area contributed by atoms with Crippen molar-refractivity contribution in [3.05, 3.63) is 80.3 Å². The van der Waals surface area contributed by atoms with Crippen molar-refractivity contribution in [3.63, 3.8) is 0 Å². The lowest BCUT2D eigenvalue weighted by Crippen LogP contribution is -2.19. The first-order valence-corrected chi connectivity index (χ1v) is 7.71. The van der Waals surface area contributed by atoms with Gasteiger partial charge in [-0.3, -0.25) is 9.59 Å². The molecule has 0 bridgehead atoms. The summed E-state index contributed by atoms with van der Waals surface area (Å²) in [5.41, 5.74) is 1.39. The third-order valence-electron chi connectivity index (χ3n) is 3.33. The minimum Gasteiger partial charge on any atom is -0.288 e. The number of benzene rings is 2. The predicted octanol–water partition coefficient (Wildman–Crippen LogP) is 4.86. The summed E-state index contributed by atoms with van der Waals surface area (Å²) in [4.78, 5) is 28.5. The summed E-state index contributed by atoms with van der Waals surface area (Å²) in [5, 5.41) is 0.342. The SMILES string of the molecule is O=C(N=C1C(Cl)=C(Cl)C(=O)c2ccccc21)c1ccc(Cl)cc1. The number of allylic oxidation sites excluding steroid dienone is 2. The molecule has 0 atom stereocenters. The third-order valence-corrected chi connectivity index (χ3v) is 4.41. The Labute approximate surface area is 147 Å². The number of rotatable bonds is 1. The zero-order valence-corrected chi connectivity index (χ0v) is 13.8. The molecule has 0 N–H and O–H groups in total. The number of hydrogen-bond donors (Lipinski definition) is 0. The van der Waals surface area contributed by atoms with Gasteiger partial charge in [-0.2, -0.15) is 0 Å². The molecule has 0 spiro atoms. The van der Waals surface area contributed by atoms with E-state index in [0.717, 1.165) is 0 Å². The molecule has 3 rings (SSSR count). The first-order valence-electron chi connectivity index (χ1n) is 6.57. The van der Waals surface area contributed by atoms with Gasteiger partial charge in [0, 0.05) is 21.7 Å². The van der Waals surface area contributed by atoms with Gasteiger partial charge >= 0.3 is 0 Å². The van der Waals surface area contributed by atoms with Crippen molar-refractivity contribution < 1.29 is 9.59 Å². The topological polar surface area (TPSA) is 46.5 Å². The number of aliphatic imine (C=N–C) groups is 1. The summed E-state index contributed by atoms with van der Waals surface area (Å²) in [5.74, 6) is -0.881. The normalized spacial score (nSPS) is 15.8. The average Bonchev–Trinajstić information content (AvgIpc) is 2.57. The molecule has 2 aromatic rings. The third kappa shape index (κ3) is 2.95. The van der Waals surface area contributed by atoms with Gasteiger partial charge in [0.15, 0.2) is 0 Å². The molecule has 0 saturated heterocycles. The molecular weight excluding hydrogens is 357 g/mol. The Hall–Kier alpha value is -1.94. The van der Waals surface area contributed by atoms with Gasteiger partial charge in [-0.1, -0.05) is 59.1 Å². The number of carbonyl (C=O) groups is 2. The molecule has 0 aromatic heterocycles. The minimum absolute atomic E-state index is 0.0299. The van der Waals surface area contributed by atoms with Crippen molar-refractivity contribution >= 4 is 52.2 Å². The molecule has 3 nitrogen and oxygen atoms in total. The van der Waals surface area contributed by atoms with Gasteiger partial charge in [0.2, 0.25) is 5.78 Å². The van der Waals surface area contributed by atoms with Crippen molar-refractivity contribution in [1.29, 1.82) is 0 Å². The fourth-order valence-electron chi connectivity index (χ4n) is 2.20. The maximum Gasteiger partial charge on any atom is 0.277 e. The second-order valence-electron chi connectivity index (χ2n) is 4.78. The summed E-state index contributed by atoms with van der Waals surface area (Å²) in [6.45, 7) is 0. The Morgan fingerprint density at radius 2 is 1.43 bits per heavy atom. The van der Waals surface area contributed by atoms with Crippen molar-refractivity contribution in [2.75, 3.05) is 0 Å². The van der Waals surface area contributed by atoms with Crippen LogP contribution in [-0.2, 0) is 0 Å². The van der Waals surface area contributed by atoms with E-state index in [-0.39, 0.29) is 21.6 Å². The highest BCUT2D eigenvalue weighted by molar-refractivity contribution is 6.60. The van der Waals surface area contributed by atoms with Gasteiger partial charge < -0.3 is 0 Å². The molecule has 0 heterocycles. The number of carbonyl (C=O) groups excluding carboxylic acids is 2. The summed E-state index contributed by atoms with van der Waals surface area (Å²) < 4.78 is 0. The fourth-order valence-corrected chi connectivity index (χ4v) is 2.74. The highest BCUT2D eigenvalue weighted by Gasteiger charge is 2.29. The minimum atomic E-state index is -0.497. The van der Waals surface area contributed by atoms with Crippen molar-refractivity contribution in [2.45, 2.75) is 0 Å². The largest absolute Gasteiger partial charge is 0.288 e. The Morgan fingerprint density at radius 3 is 2.09 bits per heavy atom. The number of Topliss-reactive ketones (excluding diaryl/α,β-unsaturated/α-hetero) is 1. The van der Waals surface area contributed by atoms with Gasteiger partial charge in [0.25, 0.3) is 5.91 Å². The fraction of sp³-hybridized carbons (Fsp3) is 0. The zero-order chi connectivity index (χ0) is 16.6. The highest BCUT2D eigenvalue weighted by Crippen LogP contribution is 2.31. The molecule has 6 heteroatoms. The van der Waals surface area contributed by atoms with Crippen LogP contribution in [0.25, 0.3) is 0 Å². The van der Waals surface area contributed by atoms with Gasteiger partial charge in [-0.25, -0.2) is 4.99 Å². The van der Waals surface area contributed by atoms with E-state index >= 15 is 0 Å². The number of nitrogens with zero attached hydrogens (tertiary/aromatic N) is 1. The van der Waals surface area contributed by atoms with E-state index in [1.807, 2.05) is 0 Å². The smallest absolute Gasteiger partial charge is 0.277 e. The van der Waals surface area contributed by atoms with E-state index in [1.54, 1.807) is 48.5 Å². The molecule has 0 fully saturated rings. The van der Waals surface area contributed by atoms with Crippen LogP contribution < -0.4 is 0 Å². The Bertz CT molecular complexity index is 883. The number of halogens is 3. The summed E-state index contributed by atoms with van der Waals surface area (Å²) in [7, 11) is 0. The van der Waals surface area contributed by atoms with E-state index in [4.69, 9.17) is 34.8 Å². The summed E-state index contributed by atoms with van der Waals surface area (Å²) in [6, 6.07) is 13.0. The highest BCUT2D eigenvalue weighted by atomic mass is 35.5. The van der Waals surface area contributed by atoms with E-state index in [2.05, 4.69) is 4.99 Å². The van der Waals surface area contributed by atoms with Gasteiger partial charge in [-0.15, -0.1) is 0 Å². The standard InChI is InChI=1S/C17H8Cl3NO2/c18-10-7-5-9(6-8-10)17(23)21-15-11-3-1-2-4-12(11)16(22)14(20)13(15)19/h1-8H. The molecule has 114 valence electrons. The quantitative estimate of drug-likeness (QED) is 0.726. The van der Waals surface area contributed by atoms with Gasteiger partial charge in [0.05, 0.1) is 10.7 Å². The molecule has 0 unspecified atom stereocenters. The van der Waals surface area contributed by atoms with E-state index in [1.165, 1.54) is 0 Å². The van der Waals surface area contributed by atoms with Crippen LogP contribution in [0.15, 0.2) is 63.6 Å². The second kappa shape index (κ2) is 6.28. The van der Waals surface area contributed by atoms with Crippen LogP contribution in [0.1, 0.15) is 26.3 Å². The van der Waals surface area contributed by atoms with E-state index < -0.39 is 5.91 Å². The van der Waals surface area contributed by atoms with E-state index in [9.17, 15) is 9.59 Å². The monoisotopic (exact) mass is 363 g/mol. The molecule has 1 amide bonds. The molecule has 2 aromatic carbocycles. The van der Waals surface area contributed by atoms with Crippen LogP contribution in [0.3, 0.4) is 0 Å². The number of fused-ring (bicyclic) bond motifs is 1. The second-order valence-corrected chi connectivity index (χ2v) is 5.97. The first-order chi connectivity index (χ1) is 11.0. The average molecular weight is 365 g/mol. The number of hydrogen-bond acceptors (Lipinski definition) is 2. The molecule has 0 saturated carbocycles. The van der Waals surface area contributed by atoms with Crippen LogP contribution in [-0.4, -0.2) is 17.4 Å². The van der Waals surface area contributed by atoms with Crippen LogP contribution in [0.2, 0.25) is 5.02 Å². The van der Waals surface area contributed by atoms with Crippen LogP contribution in [0.5, 0.6) is 0 Å². The maximum atomic E-state index is 12.3. The lowest BCUT2D eigenvalue weighted by Gasteiger charge is -2.16. The van der Waals surface area contributed by atoms with E-state index in [0.29, 0.717) is 21.7 Å². The maximum absolute atomic E-state index is 12.3.